The van der Waals surface area contributed by atoms with Gasteiger partial charge in [-0.15, -0.1) is 0 Å². The van der Waals surface area contributed by atoms with Crippen molar-refractivity contribution in [1.82, 2.24) is 4.98 Å². The molecule has 0 atom stereocenters. The zero-order valence-electron chi connectivity index (χ0n) is 10.6. The summed E-state index contributed by atoms with van der Waals surface area (Å²) in [4.78, 5) is 4.30. The summed E-state index contributed by atoms with van der Waals surface area (Å²) in [6, 6.07) is 19.1. The molecule has 3 aromatic rings. The monoisotopic (exact) mass is 261 g/mol. The molecule has 2 aromatic carbocycles. The molecule has 0 amide bonds. The molecule has 96 valence electrons. The first-order valence-corrected chi connectivity index (χ1v) is 6.14. The SMILES string of the molecule is N#C/C(=C\Nc1ccccc1)c1nc2ccccc2o1. The van der Waals surface area contributed by atoms with Gasteiger partial charge in [0.2, 0.25) is 5.89 Å². The summed E-state index contributed by atoms with van der Waals surface area (Å²) in [6.07, 6.45) is 1.60. The Morgan fingerprint density at radius 1 is 1.10 bits per heavy atom. The fourth-order valence-electron chi connectivity index (χ4n) is 1.82. The van der Waals surface area contributed by atoms with Crippen molar-refractivity contribution in [3.63, 3.8) is 0 Å². The van der Waals surface area contributed by atoms with Crippen LogP contribution < -0.4 is 5.32 Å². The van der Waals surface area contributed by atoms with E-state index in [1.165, 1.54) is 0 Å². The number of aromatic nitrogens is 1. The minimum atomic E-state index is 0.317. The van der Waals surface area contributed by atoms with Gasteiger partial charge in [0.1, 0.15) is 17.2 Å². The van der Waals surface area contributed by atoms with Crippen molar-refractivity contribution in [2.45, 2.75) is 0 Å². The van der Waals surface area contributed by atoms with Crippen molar-refractivity contribution in [1.29, 1.82) is 5.26 Å². The maximum Gasteiger partial charge on any atom is 0.239 e. The van der Waals surface area contributed by atoms with Gasteiger partial charge in [0.05, 0.1) is 0 Å². The van der Waals surface area contributed by atoms with Gasteiger partial charge in [0.15, 0.2) is 5.58 Å². The highest BCUT2D eigenvalue weighted by atomic mass is 16.3. The fraction of sp³-hybridized carbons (Fsp3) is 0. The highest BCUT2D eigenvalue weighted by Crippen LogP contribution is 2.20. The summed E-state index contributed by atoms with van der Waals surface area (Å²) in [5.74, 6) is 0.317. The Labute approximate surface area is 116 Å². The third-order valence-electron chi connectivity index (χ3n) is 2.80. The van der Waals surface area contributed by atoms with Gasteiger partial charge in [-0.3, -0.25) is 0 Å². The van der Waals surface area contributed by atoms with Crippen molar-refractivity contribution in [2.75, 3.05) is 5.32 Å². The Morgan fingerprint density at radius 2 is 1.85 bits per heavy atom. The Morgan fingerprint density at radius 3 is 2.60 bits per heavy atom. The number of nitrogens with zero attached hydrogens (tertiary/aromatic N) is 2. The van der Waals surface area contributed by atoms with Gasteiger partial charge in [-0.25, -0.2) is 4.98 Å². The minimum Gasteiger partial charge on any atom is -0.435 e. The molecular weight excluding hydrogens is 250 g/mol. The van der Waals surface area contributed by atoms with E-state index in [0.717, 1.165) is 11.2 Å². The van der Waals surface area contributed by atoms with Crippen molar-refractivity contribution in [2.24, 2.45) is 0 Å². The second kappa shape index (κ2) is 5.29. The standard InChI is InChI=1S/C16H11N3O/c17-10-12(11-18-13-6-2-1-3-7-13)16-19-14-8-4-5-9-15(14)20-16/h1-9,11,18H/b12-11+. The number of rotatable bonds is 3. The molecule has 1 heterocycles. The van der Waals surface area contributed by atoms with Crippen LogP contribution in [-0.2, 0) is 0 Å². The first kappa shape index (κ1) is 12.0. The molecule has 0 unspecified atom stereocenters. The van der Waals surface area contributed by atoms with Gasteiger partial charge in [0, 0.05) is 11.9 Å². The summed E-state index contributed by atoms with van der Waals surface area (Å²) in [6.45, 7) is 0. The number of hydrogen-bond acceptors (Lipinski definition) is 4. The average Bonchev–Trinajstić information content (AvgIpc) is 2.92. The normalized spacial score (nSPS) is 11.2. The van der Waals surface area contributed by atoms with Gasteiger partial charge in [-0.2, -0.15) is 5.26 Å². The minimum absolute atomic E-state index is 0.317. The number of hydrogen-bond donors (Lipinski definition) is 1. The predicted molar refractivity (Wildman–Crippen MR) is 77.7 cm³/mol. The molecular formula is C16H11N3O. The molecule has 3 rings (SSSR count). The highest BCUT2D eigenvalue weighted by Gasteiger charge is 2.09. The van der Waals surface area contributed by atoms with Crippen LogP contribution in [0.15, 0.2) is 65.2 Å². The number of fused-ring (bicyclic) bond motifs is 1. The highest BCUT2D eigenvalue weighted by molar-refractivity contribution is 5.80. The largest absolute Gasteiger partial charge is 0.435 e. The predicted octanol–water partition coefficient (Wildman–Crippen LogP) is 3.80. The van der Waals surface area contributed by atoms with Crippen LogP contribution in [0.3, 0.4) is 0 Å². The average molecular weight is 261 g/mol. The fourth-order valence-corrected chi connectivity index (χ4v) is 1.82. The van der Waals surface area contributed by atoms with E-state index in [1.54, 1.807) is 6.20 Å². The Kier molecular flexibility index (Phi) is 3.17. The lowest BCUT2D eigenvalue weighted by molar-refractivity contribution is 0.586. The van der Waals surface area contributed by atoms with E-state index < -0.39 is 0 Å². The van der Waals surface area contributed by atoms with Gasteiger partial charge >= 0.3 is 0 Å². The van der Waals surface area contributed by atoms with E-state index in [1.807, 2.05) is 54.6 Å². The first-order valence-electron chi connectivity index (χ1n) is 6.14. The second-order valence-electron chi connectivity index (χ2n) is 4.17. The number of nitrogens with one attached hydrogen (secondary N) is 1. The smallest absolute Gasteiger partial charge is 0.239 e. The molecule has 0 saturated carbocycles. The lowest BCUT2D eigenvalue weighted by Crippen LogP contribution is -1.90. The number of nitriles is 1. The lowest BCUT2D eigenvalue weighted by atomic mass is 10.3. The van der Waals surface area contributed by atoms with Crippen molar-refractivity contribution >= 4 is 22.4 Å². The van der Waals surface area contributed by atoms with E-state index in [2.05, 4.69) is 16.4 Å². The lowest BCUT2D eigenvalue weighted by Gasteiger charge is -1.99. The maximum atomic E-state index is 9.22. The molecule has 0 bridgehead atoms. The van der Waals surface area contributed by atoms with E-state index >= 15 is 0 Å². The molecule has 1 aromatic heterocycles. The topological polar surface area (TPSA) is 61.9 Å². The maximum absolute atomic E-state index is 9.22. The van der Waals surface area contributed by atoms with Crippen LogP contribution in [0.1, 0.15) is 5.89 Å². The molecule has 4 nitrogen and oxygen atoms in total. The van der Waals surface area contributed by atoms with Crippen molar-refractivity contribution in [3.8, 4) is 6.07 Å². The van der Waals surface area contributed by atoms with E-state index in [0.29, 0.717) is 17.0 Å². The molecule has 0 aliphatic rings. The molecule has 0 aliphatic heterocycles. The molecule has 1 N–H and O–H groups in total. The third-order valence-corrected chi connectivity index (χ3v) is 2.80. The molecule has 0 spiro atoms. The number of allylic oxidation sites excluding steroid dienone is 1. The van der Waals surface area contributed by atoms with Crippen LogP contribution in [-0.4, -0.2) is 4.98 Å². The van der Waals surface area contributed by atoms with Gasteiger partial charge < -0.3 is 9.73 Å². The quantitative estimate of drug-likeness (QED) is 0.728. The first-order chi connectivity index (χ1) is 9.86. The Bertz CT molecular complexity index is 764. The zero-order chi connectivity index (χ0) is 13.8. The summed E-state index contributed by atoms with van der Waals surface area (Å²) < 4.78 is 5.57. The van der Waals surface area contributed by atoms with E-state index in [9.17, 15) is 5.26 Å². The summed E-state index contributed by atoms with van der Waals surface area (Å²) in [5.41, 5.74) is 2.66. The number of benzene rings is 2. The van der Waals surface area contributed by atoms with Crippen LogP contribution in [0.5, 0.6) is 0 Å². The van der Waals surface area contributed by atoms with Crippen LogP contribution in [0, 0.1) is 11.3 Å². The summed E-state index contributed by atoms with van der Waals surface area (Å²) in [7, 11) is 0. The van der Waals surface area contributed by atoms with Crippen LogP contribution in [0.25, 0.3) is 16.7 Å². The molecule has 20 heavy (non-hydrogen) atoms. The third kappa shape index (κ3) is 2.38. The second-order valence-corrected chi connectivity index (χ2v) is 4.17. The number of anilines is 1. The molecule has 0 aliphatic carbocycles. The van der Waals surface area contributed by atoms with E-state index in [4.69, 9.17) is 4.42 Å². The summed E-state index contributed by atoms with van der Waals surface area (Å²) >= 11 is 0. The van der Waals surface area contributed by atoms with Gasteiger partial charge in [0.25, 0.3) is 0 Å². The number of para-hydroxylation sites is 3. The molecule has 0 saturated heterocycles. The van der Waals surface area contributed by atoms with Gasteiger partial charge in [-0.05, 0) is 24.3 Å². The van der Waals surface area contributed by atoms with Crippen molar-refractivity contribution < 1.29 is 4.42 Å². The molecule has 4 heteroatoms. The zero-order valence-corrected chi connectivity index (χ0v) is 10.6. The number of oxazole rings is 1. The Hall–Kier alpha value is -3.06. The molecule has 0 radical (unpaired) electrons. The van der Waals surface area contributed by atoms with Crippen molar-refractivity contribution in [3.05, 3.63) is 66.7 Å². The van der Waals surface area contributed by atoms with Crippen LogP contribution >= 0.6 is 0 Å². The Balaban J connectivity index is 1.91. The summed E-state index contributed by atoms with van der Waals surface area (Å²) in [5, 5.41) is 12.3. The molecule has 0 fully saturated rings. The van der Waals surface area contributed by atoms with Crippen LogP contribution in [0.4, 0.5) is 5.69 Å². The van der Waals surface area contributed by atoms with Crippen LogP contribution in [0.2, 0.25) is 0 Å². The van der Waals surface area contributed by atoms with E-state index in [-0.39, 0.29) is 0 Å². The van der Waals surface area contributed by atoms with Gasteiger partial charge in [-0.1, -0.05) is 30.3 Å².